The minimum absolute atomic E-state index is 0.0669. The van der Waals surface area contributed by atoms with Crippen molar-refractivity contribution in [3.63, 3.8) is 0 Å². The third kappa shape index (κ3) is 4.83. The van der Waals surface area contributed by atoms with Crippen molar-refractivity contribution in [2.75, 3.05) is 13.7 Å². The van der Waals surface area contributed by atoms with Crippen molar-refractivity contribution in [2.24, 2.45) is 0 Å². The lowest BCUT2D eigenvalue weighted by atomic mass is 9.98. The summed E-state index contributed by atoms with van der Waals surface area (Å²) in [4.78, 5) is 0.0731. The van der Waals surface area contributed by atoms with E-state index in [1.807, 2.05) is 10.9 Å². The van der Waals surface area contributed by atoms with E-state index in [2.05, 4.69) is 15.0 Å². The Balaban J connectivity index is 1.34. The van der Waals surface area contributed by atoms with E-state index >= 15 is 0 Å². The fraction of sp³-hybridized carbons (Fsp3) is 0.600. The van der Waals surface area contributed by atoms with Gasteiger partial charge in [-0.1, -0.05) is 17.3 Å². The Morgan fingerprint density at radius 3 is 2.80 bits per heavy atom. The number of benzene rings is 1. The summed E-state index contributed by atoms with van der Waals surface area (Å²) < 4.78 is 41.4. The summed E-state index contributed by atoms with van der Waals surface area (Å²) in [5, 5.41) is 18.2. The largest absolute Gasteiger partial charge is 0.495 e. The van der Waals surface area contributed by atoms with Crippen molar-refractivity contribution in [1.29, 1.82) is 0 Å². The van der Waals surface area contributed by atoms with Gasteiger partial charge in [0.25, 0.3) is 0 Å². The summed E-state index contributed by atoms with van der Waals surface area (Å²) in [5.41, 5.74) is 1.05. The molecule has 0 bridgehead atoms. The molecule has 2 aliphatic rings. The van der Waals surface area contributed by atoms with Crippen LogP contribution in [0.15, 0.2) is 35.4 Å². The fourth-order valence-electron chi connectivity index (χ4n) is 3.85. The molecule has 1 aliphatic heterocycles. The van der Waals surface area contributed by atoms with Gasteiger partial charge in [0.15, 0.2) is 0 Å². The molecule has 2 aromatic rings. The van der Waals surface area contributed by atoms with Gasteiger partial charge in [-0.2, -0.15) is 0 Å². The Kier molecular flexibility index (Phi) is 6.37. The first-order valence-electron chi connectivity index (χ1n) is 10.3. The van der Waals surface area contributed by atoms with Crippen molar-refractivity contribution in [1.82, 2.24) is 19.7 Å². The number of nitrogens with one attached hydrogen (secondary N) is 1. The highest BCUT2D eigenvalue weighted by Gasteiger charge is 2.34. The number of aliphatic hydroxyl groups excluding tert-OH is 1. The molecule has 0 spiro atoms. The van der Waals surface area contributed by atoms with Crippen molar-refractivity contribution in [2.45, 2.75) is 67.7 Å². The van der Waals surface area contributed by atoms with Crippen molar-refractivity contribution < 1.29 is 23.0 Å². The number of aryl methyl sites for hydroxylation is 1. The molecule has 0 radical (unpaired) electrons. The lowest BCUT2D eigenvalue weighted by Crippen LogP contribution is -2.51. The van der Waals surface area contributed by atoms with Crippen LogP contribution < -0.4 is 9.46 Å². The van der Waals surface area contributed by atoms with E-state index in [4.69, 9.17) is 9.47 Å². The highest BCUT2D eigenvalue weighted by molar-refractivity contribution is 7.89. The lowest BCUT2D eigenvalue weighted by molar-refractivity contribution is -0.0891. The highest BCUT2D eigenvalue weighted by atomic mass is 32.2. The number of hydrogen-bond acceptors (Lipinski definition) is 7. The zero-order valence-electron chi connectivity index (χ0n) is 17.0. The highest BCUT2D eigenvalue weighted by Crippen LogP contribution is 2.38. The van der Waals surface area contributed by atoms with Gasteiger partial charge in [-0.15, -0.1) is 5.10 Å². The Morgan fingerprint density at radius 2 is 2.07 bits per heavy atom. The van der Waals surface area contributed by atoms with E-state index in [9.17, 15) is 13.5 Å². The molecule has 9 nitrogen and oxygen atoms in total. The van der Waals surface area contributed by atoms with Crippen LogP contribution in [-0.2, 0) is 21.3 Å². The molecule has 0 amide bonds. The minimum atomic E-state index is -3.81. The quantitative estimate of drug-likeness (QED) is 0.611. The molecule has 30 heavy (non-hydrogen) atoms. The molecule has 1 saturated carbocycles. The number of rotatable bonds is 9. The molecule has 1 aliphatic carbocycles. The minimum Gasteiger partial charge on any atom is -0.495 e. The monoisotopic (exact) mass is 436 g/mol. The van der Waals surface area contributed by atoms with Gasteiger partial charge in [-0.25, -0.2) is 13.1 Å². The molecular weight excluding hydrogens is 408 g/mol. The number of aliphatic hydroxyl groups is 1. The number of nitrogens with zero attached hydrogens (tertiary/aromatic N) is 3. The van der Waals surface area contributed by atoms with Crippen LogP contribution in [0.25, 0.3) is 0 Å². The number of methoxy groups -OCH3 is 1. The molecule has 2 N–H and O–H groups in total. The van der Waals surface area contributed by atoms with Crippen LogP contribution in [0, 0.1) is 0 Å². The first-order chi connectivity index (χ1) is 14.5. The van der Waals surface area contributed by atoms with Crippen LogP contribution in [0.3, 0.4) is 0 Å². The van der Waals surface area contributed by atoms with E-state index in [0.29, 0.717) is 25.3 Å². The van der Waals surface area contributed by atoms with E-state index in [0.717, 1.165) is 12.1 Å². The fourth-order valence-corrected chi connectivity index (χ4v) is 5.32. The maximum Gasteiger partial charge on any atom is 0.244 e. The van der Waals surface area contributed by atoms with Gasteiger partial charge in [0, 0.05) is 18.7 Å². The first-order valence-corrected chi connectivity index (χ1v) is 11.8. The third-order valence-electron chi connectivity index (χ3n) is 5.69. The van der Waals surface area contributed by atoms with E-state index in [1.165, 1.54) is 26.0 Å². The average Bonchev–Trinajstić information content (AvgIpc) is 3.50. The molecule has 2 fully saturated rings. The summed E-state index contributed by atoms with van der Waals surface area (Å²) in [7, 11) is -2.37. The van der Waals surface area contributed by atoms with Crippen LogP contribution >= 0.6 is 0 Å². The maximum atomic E-state index is 12.8. The van der Waals surface area contributed by atoms with Gasteiger partial charge >= 0.3 is 0 Å². The Hall–Kier alpha value is -2.01. The molecule has 1 aromatic heterocycles. The summed E-state index contributed by atoms with van der Waals surface area (Å²) in [5.74, 6) is 0.846. The molecule has 1 saturated heterocycles. The predicted molar refractivity (Wildman–Crippen MR) is 109 cm³/mol. The third-order valence-corrected chi connectivity index (χ3v) is 7.22. The molecule has 3 atom stereocenters. The Morgan fingerprint density at radius 1 is 1.27 bits per heavy atom. The molecule has 1 aromatic carbocycles. The second kappa shape index (κ2) is 9.01. The van der Waals surface area contributed by atoms with Gasteiger partial charge in [0.1, 0.15) is 10.6 Å². The smallest absolute Gasteiger partial charge is 0.244 e. The van der Waals surface area contributed by atoms with Gasteiger partial charge in [-0.3, -0.25) is 4.68 Å². The number of para-hydroxylation sites is 1. The Labute approximate surface area is 176 Å². The van der Waals surface area contributed by atoms with Crippen LogP contribution in [-0.4, -0.2) is 60.5 Å². The molecular formula is C20H28N4O5S. The van der Waals surface area contributed by atoms with Crippen molar-refractivity contribution in [3.8, 4) is 5.75 Å². The van der Waals surface area contributed by atoms with Crippen molar-refractivity contribution in [3.05, 3.63) is 36.2 Å². The molecule has 164 valence electrons. The number of hydrogen-bond donors (Lipinski definition) is 2. The van der Waals surface area contributed by atoms with Gasteiger partial charge in [0.05, 0.1) is 37.7 Å². The maximum absolute atomic E-state index is 12.8. The standard InChI is InChI=1S/C20H28N4O5S/c1-28-18-4-2-3-5-20(18)30(26,27)22-16-9-8-15(29-19(16)13-25)10-11-24-12-17(21-23-24)14-6-7-14/h2-5,12,14-16,19,22,25H,6-11,13H2,1H3/t15-,16+,19+/m0/s1. The van der Waals surface area contributed by atoms with Gasteiger partial charge in [-0.05, 0) is 44.2 Å². The zero-order chi connectivity index (χ0) is 21.1. The molecule has 10 heteroatoms. The van der Waals surface area contributed by atoms with E-state index in [1.54, 1.807) is 18.2 Å². The zero-order valence-corrected chi connectivity index (χ0v) is 17.8. The second-order valence-corrected chi connectivity index (χ2v) is 9.59. The predicted octanol–water partition coefficient (Wildman–Crippen LogP) is 1.44. The lowest BCUT2D eigenvalue weighted by Gasteiger charge is -2.36. The number of sulfonamides is 1. The van der Waals surface area contributed by atoms with Gasteiger partial charge < -0.3 is 14.6 Å². The number of ether oxygens (including phenoxy) is 2. The topological polar surface area (TPSA) is 116 Å². The number of aromatic nitrogens is 3. The van der Waals surface area contributed by atoms with Crippen LogP contribution in [0.4, 0.5) is 0 Å². The normalized spacial score (nSPS) is 24.7. The summed E-state index contributed by atoms with van der Waals surface area (Å²) in [6.45, 7) is 0.422. The molecule has 4 rings (SSSR count). The van der Waals surface area contributed by atoms with E-state index < -0.39 is 22.2 Å². The van der Waals surface area contributed by atoms with Crippen LogP contribution in [0.2, 0.25) is 0 Å². The Bertz CT molecular complexity index is 960. The van der Waals surface area contributed by atoms with Crippen molar-refractivity contribution >= 4 is 10.0 Å². The first kappa shape index (κ1) is 21.2. The molecule has 2 heterocycles. The SMILES string of the molecule is COc1ccccc1S(=O)(=O)N[C@@H]1CC[C@@H](CCn2cc(C3CC3)nn2)O[C@@H]1CO. The second-order valence-electron chi connectivity index (χ2n) is 7.90. The summed E-state index contributed by atoms with van der Waals surface area (Å²) in [6.07, 6.45) is 5.70. The summed E-state index contributed by atoms with van der Waals surface area (Å²) in [6, 6.07) is 5.95. The van der Waals surface area contributed by atoms with Gasteiger partial charge in [0.2, 0.25) is 10.0 Å². The van der Waals surface area contributed by atoms with E-state index in [-0.39, 0.29) is 23.4 Å². The van der Waals surface area contributed by atoms with Crippen LogP contribution in [0.5, 0.6) is 5.75 Å². The average molecular weight is 437 g/mol. The molecule has 0 unspecified atom stereocenters. The van der Waals surface area contributed by atoms with Crippen LogP contribution in [0.1, 0.15) is 43.7 Å². The summed E-state index contributed by atoms with van der Waals surface area (Å²) >= 11 is 0.